The van der Waals surface area contributed by atoms with Crippen molar-refractivity contribution in [3.63, 3.8) is 0 Å². The summed E-state index contributed by atoms with van der Waals surface area (Å²) in [6.45, 7) is 8.51. The van der Waals surface area contributed by atoms with Gasteiger partial charge in [0.15, 0.2) is 0 Å². The van der Waals surface area contributed by atoms with Crippen LogP contribution in [0.25, 0.3) is 0 Å². The molecule has 1 aromatic rings. The normalized spacial score (nSPS) is 26.7. The molecule has 0 saturated heterocycles. The lowest BCUT2D eigenvalue weighted by Crippen LogP contribution is -2.42. The molecule has 1 aromatic carbocycles. The second kappa shape index (κ2) is 6.35. The lowest BCUT2D eigenvalue weighted by atomic mass is 9.68. The largest absolute Gasteiger partial charge is 0.488 e. The summed E-state index contributed by atoms with van der Waals surface area (Å²) < 4.78 is 19.3. The summed E-state index contributed by atoms with van der Waals surface area (Å²) >= 11 is 0. The van der Waals surface area contributed by atoms with Crippen LogP contribution in [0.5, 0.6) is 5.75 Å². The van der Waals surface area contributed by atoms with Gasteiger partial charge in [0, 0.05) is 0 Å². The van der Waals surface area contributed by atoms with Gasteiger partial charge in [-0.15, -0.1) is 0 Å². The fourth-order valence-electron chi connectivity index (χ4n) is 3.10. The zero-order valence-corrected chi connectivity index (χ0v) is 13.5. The summed E-state index contributed by atoms with van der Waals surface area (Å²) in [5.74, 6) is 0.974. The smallest absolute Gasteiger partial charge is 0.126 e. The van der Waals surface area contributed by atoms with Crippen molar-refractivity contribution < 1.29 is 14.2 Å². The third kappa shape index (κ3) is 3.76. The molecular weight excluding hydrogens is 267 g/mol. The maximum absolute atomic E-state index is 13.3. The summed E-state index contributed by atoms with van der Waals surface area (Å²) in [7, 11) is 0. The van der Waals surface area contributed by atoms with E-state index in [1.54, 1.807) is 19.1 Å². The molecule has 0 spiro atoms. The molecule has 0 aromatic heterocycles. The number of aryl methyl sites for hydroxylation is 1. The standard InChI is InChI=1S/C18H27FO2/c1-5-18(3,4)13-6-9-16(20)17(11-13)21-14-7-8-15(19)12(2)10-14/h7-8,10,13,16-17,20H,5-6,9,11H2,1-4H3. The third-order valence-electron chi connectivity index (χ3n) is 5.19. The van der Waals surface area contributed by atoms with Crippen molar-refractivity contribution in [2.45, 2.75) is 65.6 Å². The van der Waals surface area contributed by atoms with Crippen molar-refractivity contribution in [3.05, 3.63) is 29.6 Å². The molecule has 1 N–H and O–H groups in total. The number of aliphatic hydroxyl groups excluding tert-OH is 1. The fraction of sp³-hybridized carbons (Fsp3) is 0.667. The number of aliphatic hydroxyl groups is 1. The molecule has 3 unspecified atom stereocenters. The quantitative estimate of drug-likeness (QED) is 0.887. The van der Waals surface area contributed by atoms with Gasteiger partial charge in [-0.1, -0.05) is 27.2 Å². The Morgan fingerprint density at radius 3 is 2.67 bits per heavy atom. The SMILES string of the molecule is CCC(C)(C)C1CCC(O)C(Oc2ccc(F)c(C)c2)C1. The molecule has 0 radical (unpaired) electrons. The monoisotopic (exact) mass is 294 g/mol. The predicted octanol–water partition coefficient (Wildman–Crippen LogP) is 4.48. The lowest BCUT2D eigenvalue weighted by Gasteiger charge is -2.41. The molecular formula is C18H27FO2. The second-order valence-electron chi connectivity index (χ2n) is 6.99. The van der Waals surface area contributed by atoms with Crippen molar-refractivity contribution in [1.29, 1.82) is 0 Å². The Balaban J connectivity index is 2.08. The number of ether oxygens (including phenoxy) is 1. The topological polar surface area (TPSA) is 29.5 Å². The molecule has 21 heavy (non-hydrogen) atoms. The van der Waals surface area contributed by atoms with Crippen LogP contribution in [0.4, 0.5) is 4.39 Å². The van der Waals surface area contributed by atoms with Gasteiger partial charge in [0.1, 0.15) is 17.7 Å². The summed E-state index contributed by atoms with van der Waals surface area (Å²) in [4.78, 5) is 0. The van der Waals surface area contributed by atoms with E-state index in [2.05, 4.69) is 20.8 Å². The van der Waals surface area contributed by atoms with Crippen LogP contribution in [0.15, 0.2) is 18.2 Å². The van der Waals surface area contributed by atoms with Crippen LogP contribution in [0.2, 0.25) is 0 Å². The minimum absolute atomic E-state index is 0.195. The first-order valence-corrected chi connectivity index (χ1v) is 7.94. The minimum atomic E-state index is -0.431. The fourth-order valence-corrected chi connectivity index (χ4v) is 3.10. The van der Waals surface area contributed by atoms with Crippen LogP contribution in [0.1, 0.15) is 52.0 Å². The van der Waals surface area contributed by atoms with E-state index in [1.165, 1.54) is 6.07 Å². The molecule has 0 aliphatic heterocycles. The van der Waals surface area contributed by atoms with Crippen LogP contribution in [-0.2, 0) is 0 Å². The van der Waals surface area contributed by atoms with E-state index in [0.717, 1.165) is 25.7 Å². The summed E-state index contributed by atoms with van der Waals surface area (Å²) in [6, 6.07) is 4.77. The molecule has 3 atom stereocenters. The highest BCUT2D eigenvalue weighted by atomic mass is 19.1. The maximum atomic E-state index is 13.3. The van der Waals surface area contributed by atoms with E-state index in [9.17, 15) is 9.50 Å². The zero-order valence-electron chi connectivity index (χ0n) is 13.5. The van der Waals surface area contributed by atoms with Gasteiger partial charge in [-0.2, -0.15) is 0 Å². The highest BCUT2D eigenvalue weighted by Gasteiger charge is 2.37. The Morgan fingerprint density at radius 1 is 1.33 bits per heavy atom. The highest BCUT2D eigenvalue weighted by molar-refractivity contribution is 5.29. The number of rotatable bonds is 4. The molecule has 1 aliphatic carbocycles. The molecule has 3 heteroatoms. The third-order valence-corrected chi connectivity index (χ3v) is 5.19. The van der Waals surface area contributed by atoms with Gasteiger partial charge < -0.3 is 9.84 Å². The summed E-state index contributed by atoms with van der Waals surface area (Å²) in [5.41, 5.74) is 0.837. The van der Waals surface area contributed by atoms with Crippen molar-refractivity contribution in [2.24, 2.45) is 11.3 Å². The first-order chi connectivity index (χ1) is 9.83. The predicted molar refractivity (Wildman–Crippen MR) is 83.0 cm³/mol. The van der Waals surface area contributed by atoms with Gasteiger partial charge in [-0.05, 0) is 61.3 Å². The first-order valence-electron chi connectivity index (χ1n) is 7.94. The minimum Gasteiger partial charge on any atom is -0.488 e. The number of halogens is 1. The molecule has 0 bridgehead atoms. The van der Waals surface area contributed by atoms with E-state index in [1.807, 2.05) is 0 Å². The Labute approximate surface area is 127 Å². The molecule has 1 fully saturated rings. The van der Waals surface area contributed by atoms with E-state index in [-0.39, 0.29) is 17.3 Å². The molecule has 0 amide bonds. The molecule has 2 rings (SSSR count). The van der Waals surface area contributed by atoms with Crippen molar-refractivity contribution in [3.8, 4) is 5.75 Å². The van der Waals surface area contributed by atoms with E-state index in [0.29, 0.717) is 17.2 Å². The highest BCUT2D eigenvalue weighted by Crippen LogP contribution is 2.41. The van der Waals surface area contributed by atoms with Gasteiger partial charge in [-0.25, -0.2) is 4.39 Å². The molecule has 0 heterocycles. The molecule has 1 aliphatic rings. The first kappa shape index (κ1) is 16.3. The van der Waals surface area contributed by atoms with E-state index >= 15 is 0 Å². The average molecular weight is 294 g/mol. The maximum Gasteiger partial charge on any atom is 0.126 e. The van der Waals surface area contributed by atoms with Crippen molar-refractivity contribution >= 4 is 0 Å². The Bertz CT molecular complexity index is 484. The van der Waals surface area contributed by atoms with Crippen LogP contribution in [0, 0.1) is 24.1 Å². The zero-order chi connectivity index (χ0) is 15.6. The van der Waals surface area contributed by atoms with Crippen LogP contribution < -0.4 is 4.74 Å². The number of benzene rings is 1. The van der Waals surface area contributed by atoms with Crippen molar-refractivity contribution in [1.82, 2.24) is 0 Å². The van der Waals surface area contributed by atoms with Crippen LogP contribution in [-0.4, -0.2) is 17.3 Å². The molecule has 1 saturated carbocycles. The van der Waals surface area contributed by atoms with Gasteiger partial charge in [-0.3, -0.25) is 0 Å². The molecule has 2 nitrogen and oxygen atoms in total. The number of hydrogen-bond donors (Lipinski definition) is 1. The Hall–Kier alpha value is -1.09. The molecule has 118 valence electrons. The van der Waals surface area contributed by atoms with Crippen molar-refractivity contribution in [2.75, 3.05) is 0 Å². The Kier molecular flexibility index (Phi) is 4.92. The van der Waals surface area contributed by atoms with E-state index < -0.39 is 6.10 Å². The van der Waals surface area contributed by atoms with Gasteiger partial charge in [0.25, 0.3) is 0 Å². The van der Waals surface area contributed by atoms with Crippen LogP contribution in [0.3, 0.4) is 0 Å². The Morgan fingerprint density at radius 2 is 2.05 bits per heavy atom. The van der Waals surface area contributed by atoms with Crippen LogP contribution >= 0.6 is 0 Å². The van der Waals surface area contributed by atoms with Gasteiger partial charge in [0.2, 0.25) is 0 Å². The summed E-state index contributed by atoms with van der Waals surface area (Å²) in [5, 5.41) is 10.2. The number of hydrogen-bond acceptors (Lipinski definition) is 2. The lowest BCUT2D eigenvalue weighted by molar-refractivity contribution is -0.0334. The average Bonchev–Trinajstić information content (AvgIpc) is 2.45. The van der Waals surface area contributed by atoms with Gasteiger partial charge in [0.05, 0.1) is 6.10 Å². The van der Waals surface area contributed by atoms with E-state index in [4.69, 9.17) is 4.74 Å². The summed E-state index contributed by atoms with van der Waals surface area (Å²) in [6.07, 6.45) is 3.18. The van der Waals surface area contributed by atoms with Gasteiger partial charge >= 0.3 is 0 Å². The second-order valence-corrected chi connectivity index (χ2v) is 6.99.